The summed E-state index contributed by atoms with van der Waals surface area (Å²) in [7, 11) is 0. The van der Waals surface area contributed by atoms with Gasteiger partial charge in [0.2, 0.25) is 0 Å². The van der Waals surface area contributed by atoms with E-state index in [4.69, 9.17) is 11.6 Å². The van der Waals surface area contributed by atoms with Crippen LogP contribution in [-0.4, -0.2) is 7.76 Å². The fourth-order valence-electron chi connectivity index (χ4n) is 0.427. The molecule has 1 heterocycles. The van der Waals surface area contributed by atoms with E-state index in [2.05, 4.69) is 0 Å². The molecule has 0 amide bonds. The highest BCUT2D eigenvalue weighted by Crippen LogP contribution is 1.96. The van der Waals surface area contributed by atoms with Crippen LogP contribution in [0.25, 0.3) is 0 Å². The summed E-state index contributed by atoms with van der Waals surface area (Å²) in [6.07, 6.45) is 1.25. The van der Waals surface area contributed by atoms with E-state index in [9.17, 15) is 9.59 Å². The monoisotopic (exact) mass is 272 g/mol. The predicted molar refractivity (Wildman–Crippen MR) is 45.8 cm³/mol. The molecule has 0 fully saturated rings. The summed E-state index contributed by atoms with van der Waals surface area (Å²) in [5, 5.41) is 0.00833. The Hall–Kier alpha value is -0.300. The zero-order valence-electron chi connectivity index (χ0n) is 4.60. The molecule has 4 nitrogen and oxygen atoms in total. The van der Waals surface area contributed by atoms with Crippen LogP contribution >= 0.6 is 34.5 Å². The Labute approximate surface area is 74.3 Å². The summed E-state index contributed by atoms with van der Waals surface area (Å²) in [5.74, 6) is 0. The molecule has 1 aromatic rings. The first-order chi connectivity index (χ1) is 4.61. The standard InChI is InChI=1S/C4H2ClIN2O2/c5-2-1-8(6)4(10)7-3(2)9/h1H,(H,7,9,10). The van der Waals surface area contributed by atoms with Gasteiger partial charge in [0.15, 0.2) is 0 Å². The lowest BCUT2D eigenvalue weighted by Gasteiger charge is -1.90. The lowest BCUT2D eigenvalue weighted by Crippen LogP contribution is -2.24. The van der Waals surface area contributed by atoms with Crippen LogP contribution in [0.3, 0.4) is 0 Å². The van der Waals surface area contributed by atoms with E-state index < -0.39 is 11.2 Å². The van der Waals surface area contributed by atoms with E-state index in [-0.39, 0.29) is 5.02 Å². The van der Waals surface area contributed by atoms with Crippen molar-refractivity contribution in [3.05, 3.63) is 32.1 Å². The minimum atomic E-state index is -0.556. The van der Waals surface area contributed by atoms with Crippen molar-refractivity contribution in [2.75, 3.05) is 0 Å². The molecule has 10 heavy (non-hydrogen) atoms. The maximum Gasteiger partial charge on any atom is 0.337 e. The van der Waals surface area contributed by atoms with Gasteiger partial charge >= 0.3 is 5.69 Å². The molecule has 0 unspecified atom stereocenters. The van der Waals surface area contributed by atoms with Gasteiger partial charge in [-0.05, 0) is 0 Å². The largest absolute Gasteiger partial charge is 0.337 e. The van der Waals surface area contributed by atoms with Crippen molar-refractivity contribution in [3.63, 3.8) is 0 Å². The lowest BCUT2D eigenvalue weighted by molar-refractivity contribution is 1.02. The van der Waals surface area contributed by atoms with Crippen LogP contribution in [0.5, 0.6) is 0 Å². The molecule has 0 radical (unpaired) electrons. The summed E-state index contributed by atoms with van der Waals surface area (Å²) in [5.41, 5.74) is -1.03. The van der Waals surface area contributed by atoms with E-state index >= 15 is 0 Å². The van der Waals surface area contributed by atoms with E-state index in [1.165, 1.54) is 8.98 Å². The molecule has 0 aliphatic heterocycles. The number of aromatic amines is 1. The third kappa shape index (κ3) is 1.40. The third-order valence-electron chi connectivity index (χ3n) is 0.858. The number of hydrogen-bond donors (Lipinski definition) is 1. The fraction of sp³-hybridized carbons (Fsp3) is 0. The van der Waals surface area contributed by atoms with Gasteiger partial charge in [-0.15, -0.1) is 0 Å². The van der Waals surface area contributed by atoms with E-state index in [1.54, 1.807) is 22.9 Å². The summed E-state index contributed by atoms with van der Waals surface area (Å²) in [4.78, 5) is 23.2. The molecule has 0 aliphatic carbocycles. The first-order valence-corrected chi connectivity index (χ1v) is 3.63. The molecule has 0 bridgehead atoms. The summed E-state index contributed by atoms with van der Waals surface area (Å²) in [6.45, 7) is 0. The second-order valence-electron chi connectivity index (χ2n) is 1.55. The fourth-order valence-corrected chi connectivity index (χ4v) is 1.14. The average Bonchev–Trinajstić information content (AvgIpc) is 1.84. The molecule has 0 atom stereocenters. The molecule has 0 saturated carbocycles. The first-order valence-electron chi connectivity index (χ1n) is 2.29. The second-order valence-corrected chi connectivity index (χ2v) is 2.99. The molecule has 0 saturated heterocycles. The Bertz CT molecular complexity index is 324. The van der Waals surface area contributed by atoms with Crippen molar-refractivity contribution < 1.29 is 0 Å². The third-order valence-corrected chi connectivity index (χ3v) is 1.84. The van der Waals surface area contributed by atoms with E-state index in [0.29, 0.717) is 0 Å². The number of aromatic nitrogens is 2. The van der Waals surface area contributed by atoms with Crippen LogP contribution in [0.2, 0.25) is 5.02 Å². The second kappa shape index (κ2) is 2.75. The topological polar surface area (TPSA) is 54.9 Å². The number of nitrogens with one attached hydrogen (secondary N) is 1. The van der Waals surface area contributed by atoms with Crippen molar-refractivity contribution >= 4 is 34.5 Å². The van der Waals surface area contributed by atoms with Gasteiger partial charge in [-0.3, -0.25) is 9.78 Å². The van der Waals surface area contributed by atoms with Crippen molar-refractivity contribution in [3.8, 4) is 0 Å². The van der Waals surface area contributed by atoms with Gasteiger partial charge in [0, 0.05) is 6.20 Å². The Balaban J connectivity index is 3.59. The highest BCUT2D eigenvalue weighted by Gasteiger charge is 1.97. The van der Waals surface area contributed by atoms with Crippen molar-refractivity contribution in [2.45, 2.75) is 0 Å². The Morgan fingerprint density at radius 3 is 2.70 bits per heavy atom. The minimum absolute atomic E-state index is 0.00833. The van der Waals surface area contributed by atoms with Gasteiger partial charge in [-0.25, -0.2) is 7.58 Å². The van der Waals surface area contributed by atoms with Crippen LogP contribution in [-0.2, 0) is 0 Å². The molecule has 6 heteroatoms. The van der Waals surface area contributed by atoms with Gasteiger partial charge in [0.05, 0.1) is 22.9 Å². The average molecular weight is 272 g/mol. The summed E-state index contributed by atoms with van der Waals surface area (Å²) in [6, 6.07) is 0. The normalized spacial score (nSPS) is 9.80. The highest BCUT2D eigenvalue weighted by atomic mass is 127. The predicted octanol–water partition coefficient (Wildman–Crippen LogP) is 0.388. The zero-order chi connectivity index (χ0) is 7.72. The van der Waals surface area contributed by atoms with E-state index in [0.717, 1.165) is 0 Å². The maximum absolute atomic E-state index is 10.6. The van der Waals surface area contributed by atoms with Crippen LogP contribution in [0, 0.1) is 0 Å². The molecule has 1 aromatic heterocycles. The first kappa shape index (κ1) is 7.80. The lowest BCUT2D eigenvalue weighted by atomic mass is 10.7. The smallest absolute Gasteiger partial charge is 0.272 e. The Kier molecular flexibility index (Phi) is 2.14. The SMILES string of the molecule is O=c1[nH]c(=O)n(I)cc1Cl. The number of halogens is 2. The molecule has 1 N–H and O–H groups in total. The van der Waals surface area contributed by atoms with Crippen molar-refractivity contribution in [1.82, 2.24) is 7.76 Å². The maximum atomic E-state index is 10.6. The number of rotatable bonds is 0. The number of nitrogens with zero attached hydrogens (tertiary/aromatic N) is 1. The van der Waals surface area contributed by atoms with E-state index in [1.807, 2.05) is 4.98 Å². The number of hydrogen-bond acceptors (Lipinski definition) is 2. The number of H-pyrrole nitrogens is 1. The molecular weight excluding hydrogens is 270 g/mol. The molecular formula is C4H2ClIN2O2. The van der Waals surface area contributed by atoms with Gasteiger partial charge in [-0.2, -0.15) is 0 Å². The molecule has 54 valence electrons. The Morgan fingerprint density at radius 2 is 2.20 bits per heavy atom. The zero-order valence-corrected chi connectivity index (χ0v) is 7.51. The summed E-state index contributed by atoms with van der Waals surface area (Å²) < 4.78 is 1.17. The Morgan fingerprint density at radius 1 is 1.60 bits per heavy atom. The van der Waals surface area contributed by atoms with Crippen LogP contribution in [0.1, 0.15) is 0 Å². The quantitative estimate of drug-likeness (QED) is 0.695. The van der Waals surface area contributed by atoms with Crippen molar-refractivity contribution in [1.29, 1.82) is 0 Å². The van der Waals surface area contributed by atoms with Crippen molar-refractivity contribution in [2.24, 2.45) is 0 Å². The van der Waals surface area contributed by atoms with Crippen LogP contribution in [0.15, 0.2) is 15.8 Å². The molecule has 1 rings (SSSR count). The van der Waals surface area contributed by atoms with Gasteiger partial charge in [0.25, 0.3) is 5.56 Å². The molecule has 0 spiro atoms. The highest BCUT2D eigenvalue weighted by molar-refractivity contribution is 14.1. The summed E-state index contributed by atoms with van der Waals surface area (Å²) >= 11 is 7.09. The minimum Gasteiger partial charge on any atom is -0.272 e. The van der Waals surface area contributed by atoms with Gasteiger partial charge < -0.3 is 0 Å². The van der Waals surface area contributed by atoms with Crippen LogP contribution in [0.4, 0.5) is 0 Å². The molecule has 0 aromatic carbocycles. The molecule has 0 aliphatic rings. The van der Waals surface area contributed by atoms with Crippen LogP contribution < -0.4 is 11.2 Å². The van der Waals surface area contributed by atoms with Gasteiger partial charge in [0.1, 0.15) is 5.02 Å². The van der Waals surface area contributed by atoms with Gasteiger partial charge in [-0.1, -0.05) is 11.6 Å².